The van der Waals surface area contributed by atoms with Gasteiger partial charge in [0.05, 0.1) is 23.7 Å². The van der Waals surface area contributed by atoms with E-state index in [-0.39, 0.29) is 5.41 Å². The minimum atomic E-state index is 0.198. The molecule has 1 N–H and O–H groups in total. The number of allylic oxidation sites excluding steroid dienone is 6. The van der Waals surface area contributed by atoms with Crippen LogP contribution in [0.2, 0.25) is 0 Å². The van der Waals surface area contributed by atoms with Crippen molar-refractivity contribution in [3.63, 3.8) is 0 Å². The molecule has 2 unspecified atom stereocenters. The number of rotatable bonds is 8. The molecule has 7 rings (SSSR count). The molecule has 4 aromatic carbocycles. The molecule has 5 heteroatoms. The van der Waals surface area contributed by atoms with Crippen LogP contribution in [0, 0.1) is 33.1 Å². The van der Waals surface area contributed by atoms with Crippen molar-refractivity contribution in [3.05, 3.63) is 136 Å². The van der Waals surface area contributed by atoms with Crippen LogP contribution in [-0.2, 0) is 0 Å². The van der Waals surface area contributed by atoms with Crippen LogP contribution in [0.5, 0.6) is 11.5 Å². The number of aryl methyl sites for hydroxylation is 4. The SMILES string of the molecule is CC[NH+]1c2cc(C)c(C)cc2SC1C=C1C=C(C=CC=C2Oc3cc(C)c(C)cc3N2CCOc2cccc3ccccc23)CC(C)(C)C1. The van der Waals surface area contributed by atoms with Gasteiger partial charge in [-0.2, -0.15) is 0 Å². The number of hydrogen-bond acceptors (Lipinski definition) is 4. The van der Waals surface area contributed by atoms with Gasteiger partial charge in [-0.3, -0.25) is 4.90 Å². The standard InChI is InChI=1S/C44H48N2O2S/c1-8-45-38-22-30(3)32(5)24-41(38)49-43(45)26-34-25-33(27-44(6,7)28-34)13-11-18-42-46(37-21-29(2)31(4)23-40(37)48-42)19-20-47-39-17-12-15-35-14-9-10-16-36(35)39/h9-18,21-26,43H,8,19-20,27-28H2,1-7H3/p+1. The second-order valence-corrected chi connectivity index (χ2v) is 15.9. The Morgan fingerprint density at radius 3 is 2.53 bits per heavy atom. The number of hydrogen-bond donors (Lipinski definition) is 1. The highest BCUT2D eigenvalue weighted by Crippen LogP contribution is 2.43. The molecule has 4 nitrogen and oxygen atoms in total. The number of thioether (sulfide) groups is 1. The molecule has 0 saturated carbocycles. The average Bonchev–Trinajstić information content (AvgIpc) is 3.56. The van der Waals surface area contributed by atoms with Gasteiger partial charge in [0.15, 0.2) is 11.1 Å². The topological polar surface area (TPSA) is 26.1 Å². The van der Waals surface area contributed by atoms with E-state index in [9.17, 15) is 0 Å². The van der Waals surface area contributed by atoms with Crippen molar-refractivity contribution in [2.24, 2.45) is 5.41 Å². The summed E-state index contributed by atoms with van der Waals surface area (Å²) in [5.41, 5.74) is 10.8. The lowest BCUT2D eigenvalue weighted by molar-refractivity contribution is -0.833. The first-order chi connectivity index (χ1) is 23.6. The van der Waals surface area contributed by atoms with E-state index in [0.717, 1.165) is 47.8 Å². The number of anilines is 1. The fraction of sp³-hybridized carbons (Fsp3) is 0.318. The Kier molecular flexibility index (Phi) is 9.25. The number of likely N-dealkylation sites (N-methyl/N-ethyl adjacent to an activating group) is 1. The van der Waals surface area contributed by atoms with E-state index in [1.54, 1.807) is 4.90 Å². The van der Waals surface area contributed by atoms with E-state index in [2.05, 4.69) is 150 Å². The number of benzene rings is 4. The molecule has 252 valence electrons. The molecule has 2 heterocycles. The Morgan fingerprint density at radius 2 is 1.69 bits per heavy atom. The Bertz CT molecular complexity index is 2030. The molecule has 3 aliphatic rings. The van der Waals surface area contributed by atoms with Crippen molar-refractivity contribution in [1.82, 2.24) is 0 Å². The molecule has 1 aliphatic carbocycles. The van der Waals surface area contributed by atoms with Crippen LogP contribution in [-0.4, -0.2) is 25.1 Å². The quantitative estimate of drug-likeness (QED) is 0.202. The van der Waals surface area contributed by atoms with E-state index in [1.807, 2.05) is 11.8 Å². The Morgan fingerprint density at radius 1 is 0.939 bits per heavy atom. The summed E-state index contributed by atoms with van der Waals surface area (Å²) in [5.74, 6) is 2.64. The van der Waals surface area contributed by atoms with Crippen LogP contribution >= 0.6 is 11.8 Å². The van der Waals surface area contributed by atoms with Crippen molar-refractivity contribution in [2.75, 3.05) is 24.6 Å². The molecule has 0 radical (unpaired) electrons. The van der Waals surface area contributed by atoms with Crippen LogP contribution in [0.3, 0.4) is 0 Å². The van der Waals surface area contributed by atoms with Gasteiger partial charge in [-0.15, -0.1) is 0 Å². The monoisotopic (exact) mass is 669 g/mol. The molecule has 0 amide bonds. The first-order valence-corrected chi connectivity index (χ1v) is 18.6. The van der Waals surface area contributed by atoms with E-state index in [1.165, 1.54) is 49.4 Å². The summed E-state index contributed by atoms with van der Waals surface area (Å²) in [7, 11) is 0. The number of quaternary nitrogens is 1. The number of ether oxygens (including phenoxy) is 2. The lowest BCUT2D eigenvalue weighted by Gasteiger charge is -2.31. The lowest BCUT2D eigenvalue weighted by Crippen LogP contribution is -3.08. The second-order valence-electron chi connectivity index (χ2n) is 14.7. The number of fused-ring (bicyclic) bond motifs is 3. The molecule has 49 heavy (non-hydrogen) atoms. The normalized spacial score (nSPS) is 21.4. The molecular weight excluding hydrogens is 621 g/mol. The van der Waals surface area contributed by atoms with Gasteiger partial charge in [0.2, 0.25) is 5.88 Å². The maximum absolute atomic E-state index is 6.48. The average molecular weight is 670 g/mol. The van der Waals surface area contributed by atoms with Crippen molar-refractivity contribution < 1.29 is 14.4 Å². The minimum absolute atomic E-state index is 0.198. The van der Waals surface area contributed by atoms with Gasteiger partial charge >= 0.3 is 0 Å². The maximum atomic E-state index is 6.48. The number of nitrogens with zero attached hydrogens (tertiary/aromatic N) is 1. The summed E-state index contributed by atoms with van der Waals surface area (Å²) >= 11 is 2.02. The first-order valence-electron chi connectivity index (χ1n) is 17.7. The highest BCUT2D eigenvalue weighted by molar-refractivity contribution is 8.00. The summed E-state index contributed by atoms with van der Waals surface area (Å²) < 4.78 is 12.9. The Labute approximate surface area is 296 Å². The molecule has 0 fully saturated rings. The largest absolute Gasteiger partial charge is 0.491 e. The summed E-state index contributed by atoms with van der Waals surface area (Å²) in [6.07, 6.45) is 13.7. The third-order valence-corrected chi connectivity index (χ3v) is 11.5. The maximum Gasteiger partial charge on any atom is 0.200 e. The summed E-state index contributed by atoms with van der Waals surface area (Å²) in [4.78, 5) is 5.24. The van der Waals surface area contributed by atoms with Crippen LogP contribution in [0.25, 0.3) is 10.8 Å². The fourth-order valence-electron chi connectivity index (χ4n) is 7.47. The van der Waals surface area contributed by atoms with Gasteiger partial charge in [-0.1, -0.05) is 80.2 Å². The second kappa shape index (κ2) is 13.6. The minimum Gasteiger partial charge on any atom is -0.491 e. The van der Waals surface area contributed by atoms with Gasteiger partial charge in [0, 0.05) is 11.5 Å². The molecule has 0 bridgehead atoms. The third kappa shape index (κ3) is 6.97. The lowest BCUT2D eigenvalue weighted by atomic mass is 9.75. The molecule has 4 aromatic rings. The Balaban J connectivity index is 1.11. The molecule has 0 aromatic heterocycles. The fourth-order valence-corrected chi connectivity index (χ4v) is 8.99. The van der Waals surface area contributed by atoms with E-state index >= 15 is 0 Å². The van der Waals surface area contributed by atoms with Crippen LogP contribution < -0.4 is 19.3 Å². The van der Waals surface area contributed by atoms with Crippen molar-refractivity contribution in [3.8, 4) is 11.5 Å². The van der Waals surface area contributed by atoms with Crippen molar-refractivity contribution >= 4 is 33.9 Å². The van der Waals surface area contributed by atoms with Gasteiger partial charge in [-0.05, 0) is 128 Å². The Hall–Kier alpha value is -4.19. The van der Waals surface area contributed by atoms with Crippen LogP contribution in [0.1, 0.15) is 55.9 Å². The third-order valence-electron chi connectivity index (χ3n) is 10.2. The molecular formula is C44H49N2O2S+. The molecule has 2 aliphatic heterocycles. The van der Waals surface area contributed by atoms with E-state index < -0.39 is 0 Å². The summed E-state index contributed by atoms with van der Waals surface area (Å²) in [5, 5.41) is 2.72. The van der Waals surface area contributed by atoms with E-state index in [4.69, 9.17) is 9.47 Å². The van der Waals surface area contributed by atoms with Gasteiger partial charge < -0.3 is 14.4 Å². The first kappa shape index (κ1) is 33.3. The van der Waals surface area contributed by atoms with Gasteiger partial charge in [0.1, 0.15) is 18.0 Å². The zero-order valence-corrected chi connectivity index (χ0v) is 30.8. The van der Waals surface area contributed by atoms with Gasteiger partial charge in [-0.25, -0.2) is 0 Å². The van der Waals surface area contributed by atoms with Gasteiger partial charge in [0.25, 0.3) is 0 Å². The van der Waals surface area contributed by atoms with E-state index in [0.29, 0.717) is 18.5 Å². The predicted octanol–water partition coefficient (Wildman–Crippen LogP) is 10.1. The van der Waals surface area contributed by atoms with Crippen molar-refractivity contribution in [2.45, 2.75) is 71.6 Å². The summed E-state index contributed by atoms with van der Waals surface area (Å²) in [6, 6.07) is 23.8. The molecule has 2 atom stereocenters. The zero-order chi connectivity index (χ0) is 34.3. The highest BCUT2D eigenvalue weighted by Gasteiger charge is 2.35. The highest BCUT2D eigenvalue weighted by atomic mass is 32.2. The number of nitrogens with one attached hydrogen (secondary N) is 1. The van der Waals surface area contributed by atoms with Crippen LogP contribution in [0.4, 0.5) is 11.4 Å². The predicted molar refractivity (Wildman–Crippen MR) is 206 cm³/mol. The van der Waals surface area contributed by atoms with Crippen LogP contribution in [0.15, 0.2) is 119 Å². The smallest absolute Gasteiger partial charge is 0.200 e. The van der Waals surface area contributed by atoms with Crippen molar-refractivity contribution in [1.29, 1.82) is 0 Å². The molecule has 0 saturated heterocycles. The molecule has 0 spiro atoms. The zero-order valence-electron chi connectivity index (χ0n) is 30.0. The summed E-state index contributed by atoms with van der Waals surface area (Å²) in [6.45, 7) is 18.2.